The zero-order valence-electron chi connectivity index (χ0n) is 7.29. The summed E-state index contributed by atoms with van der Waals surface area (Å²) in [6, 6.07) is 5.65. The van der Waals surface area contributed by atoms with Crippen molar-refractivity contribution >= 4 is 62.1 Å². The van der Waals surface area contributed by atoms with Gasteiger partial charge in [-0.1, -0.05) is 0 Å². The Labute approximate surface area is 108 Å². The Balaban J connectivity index is 2.77. The molecule has 1 aromatic heterocycles. The summed E-state index contributed by atoms with van der Waals surface area (Å²) < 4.78 is 2.72. The summed E-state index contributed by atoms with van der Waals surface area (Å²) in [6.07, 6.45) is 0. The predicted molar refractivity (Wildman–Crippen MR) is 71.9 cm³/mol. The number of carbonyl (C=O) groups excluding carboxylic acids is 1. The molecular weight excluding hydrogens is 406 g/mol. The standard InChI is InChI=1S/C9H6I2N2O/c1-5(14)6-2-3-8-7(4-6)9(10)12-13(8)11/h2-4H,1H3. The minimum Gasteiger partial charge on any atom is -0.295 e. The minimum absolute atomic E-state index is 0.0870. The van der Waals surface area contributed by atoms with Gasteiger partial charge in [-0.3, -0.25) is 4.79 Å². The molecule has 0 fully saturated rings. The first-order valence-corrected chi connectivity index (χ1v) is 5.99. The molecule has 2 aromatic rings. The first-order valence-electron chi connectivity index (χ1n) is 3.95. The van der Waals surface area contributed by atoms with E-state index in [-0.39, 0.29) is 5.78 Å². The number of benzene rings is 1. The Hall–Kier alpha value is -0.180. The van der Waals surface area contributed by atoms with Gasteiger partial charge in [0.1, 0.15) is 3.70 Å². The molecule has 0 saturated carbocycles. The molecule has 1 heterocycles. The van der Waals surface area contributed by atoms with Gasteiger partial charge in [-0.15, -0.1) is 0 Å². The van der Waals surface area contributed by atoms with E-state index >= 15 is 0 Å². The molecule has 0 radical (unpaired) electrons. The fraction of sp³-hybridized carbons (Fsp3) is 0.111. The molecule has 0 aliphatic carbocycles. The third-order valence-corrected chi connectivity index (χ3v) is 3.53. The molecule has 72 valence electrons. The second-order valence-electron chi connectivity index (χ2n) is 2.94. The second-order valence-corrected chi connectivity index (χ2v) is 4.87. The minimum atomic E-state index is 0.0870. The van der Waals surface area contributed by atoms with Crippen molar-refractivity contribution in [3.63, 3.8) is 0 Å². The monoisotopic (exact) mass is 412 g/mol. The first-order chi connectivity index (χ1) is 6.59. The summed E-state index contributed by atoms with van der Waals surface area (Å²) in [5.41, 5.74) is 1.78. The number of hydrogen-bond acceptors (Lipinski definition) is 2. The SMILES string of the molecule is CC(=O)c1ccc2c(c1)c(I)nn2I. The molecule has 0 N–H and O–H groups in total. The maximum absolute atomic E-state index is 11.2. The lowest BCUT2D eigenvalue weighted by molar-refractivity contribution is 0.101. The maximum atomic E-state index is 11.2. The number of aromatic nitrogens is 2. The van der Waals surface area contributed by atoms with E-state index in [2.05, 4.69) is 50.6 Å². The lowest BCUT2D eigenvalue weighted by atomic mass is 10.1. The molecule has 14 heavy (non-hydrogen) atoms. The molecule has 0 unspecified atom stereocenters. The van der Waals surface area contributed by atoms with E-state index in [0.29, 0.717) is 0 Å². The van der Waals surface area contributed by atoms with Gasteiger partial charge in [0.05, 0.1) is 28.4 Å². The normalized spacial score (nSPS) is 10.8. The molecule has 5 heteroatoms. The molecule has 0 aliphatic rings. The fourth-order valence-corrected chi connectivity index (χ4v) is 2.96. The number of nitrogens with zero attached hydrogens (tertiary/aromatic N) is 2. The maximum Gasteiger partial charge on any atom is 0.159 e. The van der Waals surface area contributed by atoms with E-state index < -0.39 is 0 Å². The molecule has 0 aliphatic heterocycles. The average molecular weight is 412 g/mol. The third-order valence-electron chi connectivity index (χ3n) is 2.00. The number of hydrogen-bond donors (Lipinski definition) is 0. The number of rotatable bonds is 1. The molecule has 0 amide bonds. The Morgan fingerprint density at radius 1 is 1.50 bits per heavy atom. The molecular formula is C9H6I2N2O. The second kappa shape index (κ2) is 3.76. The van der Waals surface area contributed by atoms with E-state index in [1.54, 1.807) is 9.82 Å². The molecule has 1 aromatic carbocycles. The molecule has 3 nitrogen and oxygen atoms in total. The third kappa shape index (κ3) is 1.67. The van der Waals surface area contributed by atoms with Crippen molar-refractivity contribution in [2.45, 2.75) is 6.92 Å². The van der Waals surface area contributed by atoms with Crippen molar-refractivity contribution in [1.82, 2.24) is 7.99 Å². The predicted octanol–water partition coefficient (Wildman–Crippen LogP) is 3.04. The van der Waals surface area contributed by atoms with Gasteiger partial charge in [0, 0.05) is 10.9 Å². The summed E-state index contributed by atoms with van der Waals surface area (Å²) in [5, 5.41) is 5.30. The van der Waals surface area contributed by atoms with Crippen LogP contribution in [0.1, 0.15) is 17.3 Å². The highest BCUT2D eigenvalue weighted by atomic mass is 127. The summed E-state index contributed by atoms with van der Waals surface area (Å²) >= 11 is 4.29. The molecule has 2 rings (SSSR count). The average Bonchev–Trinajstić information content (AvgIpc) is 2.42. The van der Waals surface area contributed by atoms with Gasteiger partial charge < -0.3 is 0 Å². The lowest BCUT2D eigenvalue weighted by Crippen LogP contribution is -1.90. The van der Waals surface area contributed by atoms with Crippen LogP contribution in [0.3, 0.4) is 0 Å². The van der Waals surface area contributed by atoms with Crippen molar-refractivity contribution in [2.75, 3.05) is 0 Å². The lowest BCUT2D eigenvalue weighted by Gasteiger charge is -1.95. The van der Waals surface area contributed by atoms with Crippen molar-refractivity contribution in [3.8, 4) is 0 Å². The summed E-state index contributed by atoms with van der Waals surface area (Å²) in [5.74, 6) is 0.0870. The van der Waals surface area contributed by atoms with E-state index in [1.807, 2.05) is 18.2 Å². The Morgan fingerprint density at radius 3 is 2.86 bits per heavy atom. The van der Waals surface area contributed by atoms with Gasteiger partial charge in [-0.25, -0.2) is 2.90 Å². The van der Waals surface area contributed by atoms with Gasteiger partial charge in [0.25, 0.3) is 0 Å². The summed E-state index contributed by atoms with van der Waals surface area (Å²) in [7, 11) is 0. The molecule has 0 bridgehead atoms. The van der Waals surface area contributed by atoms with Crippen LogP contribution in [-0.2, 0) is 0 Å². The van der Waals surface area contributed by atoms with Crippen LogP contribution in [0.5, 0.6) is 0 Å². The smallest absolute Gasteiger partial charge is 0.159 e. The number of ketones is 1. The number of halogens is 2. The Kier molecular flexibility index (Phi) is 2.78. The quantitative estimate of drug-likeness (QED) is 0.534. The first kappa shape index (κ1) is 10.3. The van der Waals surface area contributed by atoms with Crippen LogP contribution in [-0.4, -0.2) is 13.8 Å². The van der Waals surface area contributed by atoms with Crippen molar-refractivity contribution in [2.24, 2.45) is 0 Å². The van der Waals surface area contributed by atoms with Crippen molar-refractivity contribution in [1.29, 1.82) is 0 Å². The highest BCUT2D eigenvalue weighted by molar-refractivity contribution is 14.1. The van der Waals surface area contributed by atoms with Crippen molar-refractivity contribution < 1.29 is 4.79 Å². The summed E-state index contributed by atoms with van der Waals surface area (Å²) in [4.78, 5) is 11.2. The number of fused-ring (bicyclic) bond motifs is 1. The van der Waals surface area contributed by atoms with E-state index in [4.69, 9.17) is 0 Å². The molecule has 0 atom stereocenters. The van der Waals surface area contributed by atoms with E-state index in [9.17, 15) is 4.79 Å². The van der Waals surface area contributed by atoms with Crippen LogP contribution in [0.2, 0.25) is 0 Å². The summed E-state index contributed by atoms with van der Waals surface area (Å²) in [6.45, 7) is 1.57. The van der Waals surface area contributed by atoms with Crippen LogP contribution in [0, 0.1) is 3.70 Å². The molecule has 0 saturated heterocycles. The highest BCUT2D eigenvalue weighted by Gasteiger charge is 2.08. The van der Waals surface area contributed by atoms with Crippen LogP contribution in [0.25, 0.3) is 10.9 Å². The Bertz CT molecular complexity index is 519. The molecule has 0 spiro atoms. The van der Waals surface area contributed by atoms with Gasteiger partial charge in [0.2, 0.25) is 0 Å². The zero-order valence-corrected chi connectivity index (χ0v) is 11.6. The Morgan fingerprint density at radius 2 is 2.21 bits per heavy atom. The van der Waals surface area contributed by atoms with Crippen LogP contribution in [0.4, 0.5) is 0 Å². The fourth-order valence-electron chi connectivity index (χ4n) is 1.27. The van der Waals surface area contributed by atoms with Gasteiger partial charge in [-0.2, -0.15) is 5.10 Å². The van der Waals surface area contributed by atoms with Crippen molar-refractivity contribution in [3.05, 3.63) is 27.5 Å². The van der Waals surface area contributed by atoms with Gasteiger partial charge in [-0.05, 0) is 47.7 Å². The van der Waals surface area contributed by atoms with Crippen LogP contribution >= 0.6 is 45.5 Å². The van der Waals surface area contributed by atoms with Gasteiger partial charge in [0.15, 0.2) is 5.78 Å². The zero-order chi connectivity index (χ0) is 10.3. The topological polar surface area (TPSA) is 34.9 Å². The van der Waals surface area contributed by atoms with Crippen LogP contribution < -0.4 is 0 Å². The largest absolute Gasteiger partial charge is 0.295 e. The van der Waals surface area contributed by atoms with Crippen LogP contribution in [0.15, 0.2) is 18.2 Å². The van der Waals surface area contributed by atoms with E-state index in [1.165, 1.54) is 0 Å². The van der Waals surface area contributed by atoms with E-state index in [0.717, 1.165) is 20.2 Å². The number of carbonyl (C=O) groups is 1. The van der Waals surface area contributed by atoms with Gasteiger partial charge >= 0.3 is 0 Å². The number of Topliss-reactive ketones (excluding diaryl/α,β-unsaturated/α-hetero) is 1. The highest BCUT2D eigenvalue weighted by Crippen LogP contribution is 2.23.